The molecule has 1 aliphatic heterocycles. The molecule has 1 saturated heterocycles. The van der Waals surface area contributed by atoms with Crippen LogP contribution in [-0.2, 0) is 11.3 Å². The van der Waals surface area contributed by atoms with Gasteiger partial charge >= 0.3 is 6.03 Å². The fourth-order valence-corrected chi connectivity index (χ4v) is 3.34. The highest BCUT2D eigenvalue weighted by atomic mass is 35.5. The quantitative estimate of drug-likeness (QED) is 0.615. The number of amides is 3. The lowest BCUT2D eigenvalue weighted by Gasteiger charge is -2.17. The van der Waals surface area contributed by atoms with E-state index in [-0.39, 0.29) is 37.7 Å². The standard InChI is InChI=1S/C22H26ClN3O4/c1-15(17-5-7-18(23)8-6-17)24-13-16-4-9-19(20(12-16)29-3)30-11-10-26-21(27)14-25(2)22(26)28/h4-9,12,15,24H,10-11,13-14H2,1-3H3/t15-/m0/s1. The third-order valence-electron chi connectivity index (χ3n) is 5.01. The average Bonchev–Trinajstić information content (AvgIpc) is 2.98. The number of imide groups is 1. The maximum absolute atomic E-state index is 11.9. The number of carbonyl (C=O) groups excluding carboxylic acids is 2. The molecule has 1 heterocycles. The molecule has 7 nitrogen and oxygen atoms in total. The van der Waals surface area contributed by atoms with E-state index in [0.29, 0.717) is 18.0 Å². The van der Waals surface area contributed by atoms with Crippen LogP contribution < -0.4 is 14.8 Å². The Bertz CT molecular complexity index is 904. The molecule has 2 aromatic carbocycles. The molecule has 0 aliphatic carbocycles. The Morgan fingerprint density at radius 1 is 1.13 bits per heavy atom. The van der Waals surface area contributed by atoms with Gasteiger partial charge in [0.05, 0.1) is 13.7 Å². The predicted octanol–water partition coefficient (Wildman–Crippen LogP) is 3.47. The molecule has 1 atom stereocenters. The van der Waals surface area contributed by atoms with Gasteiger partial charge in [-0.3, -0.25) is 9.69 Å². The topological polar surface area (TPSA) is 71.1 Å². The number of benzene rings is 2. The van der Waals surface area contributed by atoms with Crippen LogP contribution in [-0.4, -0.2) is 55.6 Å². The predicted molar refractivity (Wildman–Crippen MR) is 115 cm³/mol. The molecule has 0 radical (unpaired) electrons. The highest BCUT2D eigenvalue weighted by Gasteiger charge is 2.33. The normalized spacial score (nSPS) is 14.9. The molecule has 2 aromatic rings. The number of likely N-dealkylation sites (N-methyl/N-ethyl adjacent to an activating group) is 1. The van der Waals surface area contributed by atoms with E-state index < -0.39 is 0 Å². The van der Waals surface area contributed by atoms with Crippen LogP contribution in [0.1, 0.15) is 24.1 Å². The van der Waals surface area contributed by atoms with Gasteiger partial charge in [-0.1, -0.05) is 29.8 Å². The van der Waals surface area contributed by atoms with E-state index in [1.165, 1.54) is 9.80 Å². The molecule has 0 spiro atoms. The van der Waals surface area contributed by atoms with Crippen molar-refractivity contribution in [1.29, 1.82) is 0 Å². The number of rotatable bonds is 9. The average molecular weight is 432 g/mol. The molecule has 1 fully saturated rings. The Balaban J connectivity index is 1.54. The van der Waals surface area contributed by atoms with Gasteiger partial charge in [0.1, 0.15) is 13.2 Å². The zero-order valence-corrected chi connectivity index (χ0v) is 18.1. The van der Waals surface area contributed by atoms with Crippen LogP contribution in [0, 0.1) is 0 Å². The summed E-state index contributed by atoms with van der Waals surface area (Å²) in [4.78, 5) is 26.3. The zero-order chi connectivity index (χ0) is 21.7. The minimum Gasteiger partial charge on any atom is -0.493 e. The smallest absolute Gasteiger partial charge is 0.327 e. The van der Waals surface area contributed by atoms with Gasteiger partial charge in [-0.15, -0.1) is 0 Å². The van der Waals surface area contributed by atoms with Gasteiger partial charge in [0.25, 0.3) is 0 Å². The fraction of sp³-hybridized carbons (Fsp3) is 0.364. The van der Waals surface area contributed by atoms with Crippen molar-refractivity contribution in [2.45, 2.75) is 19.5 Å². The first-order valence-corrected chi connectivity index (χ1v) is 10.1. The number of hydrogen-bond acceptors (Lipinski definition) is 5. The van der Waals surface area contributed by atoms with E-state index in [1.807, 2.05) is 42.5 Å². The molecule has 8 heteroatoms. The van der Waals surface area contributed by atoms with Crippen LogP contribution in [0.2, 0.25) is 5.02 Å². The molecule has 0 unspecified atom stereocenters. The van der Waals surface area contributed by atoms with E-state index in [9.17, 15) is 9.59 Å². The lowest BCUT2D eigenvalue weighted by atomic mass is 10.1. The molecular formula is C22H26ClN3O4. The second kappa shape index (κ2) is 9.82. The van der Waals surface area contributed by atoms with Gasteiger partial charge < -0.3 is 19.7 Å². The molecule has 30 heavy (non-hydrogen) atoms. The van der Waals surface area contributed by atoms with Gasteiger partial charge in [-0.05, 0) is 42.3 Å². The summed E-state index contributed by atoms with van der Waals surface area (Å²) in [7, 11) is 3.18. The zero-order valence-electron chi connectivity index (χ0n) is 17.4. The second-order valence-corrected chi connectivity index (χ2v) is 7.61. The monoisotopic (exact) mass is 431 g/mol. The Morgan fingerprint density at radius 3 is 2.50 bits per heavy atom. The van der Waals surface area contributed by atoms with E-state index in [0.717, 1.165) is 16.1 Å². The van der Waals surface area contributed by atoms with Gasteiger partial charge in [0.15, 0.2) is 11.5 Å². The number of methoxy groups -OCH3 is 1. The minimum absolute atomic E-state index is 0.109. The number of nitrogens with zero attached hydrogens (tertiary/aromatic N) is 2. The van der Waals surface area contributed by atoms with E-state index in [1.54, 1.807) is 14.2 Å². The highest BCUT2D eigenvalue weighted by molar-refractivity contribution is 6.30. The second-order valence-electron chi connectivity index (χ2n) is 7.17. The summed E-state index contributed by atoms with van der Waals surface area (Å²) < 4.78 is 11.2. The van der Waals surface area contributed by atoms with Crippen LogP contribution in [0.15, 0.2) is 42.5 Å². The van der Waals surface area contributed by atoms with Crippen LogP contribution in [0.25, 0.3) is 0 Å². The van der Waals surface area contributed by atoms with Crippen molar-refractivity contribution in [3.8, 4) is 11.5 Å². The molecule has 3 amide bonds. The van der Waals surface area contributed by atoms with E-state index in [4.69, 9.17) is 21.1 Å². The van der Waals surface area contributed by atoms with Gasteiger partial charge in [0, 0.05) is 24.7 Å². The Kier molecular flexibility index (Phi) is 7.18. The largest absolute Gasteiger partial charge is 0.493 e. The van der Waals surface area contributed by atoms with Crippen LogP contribution in [0.3, 0.4) is 0 Å². The molecule has 3 rings (SSSR count). The maximum Gasteiger partial charge on any atom is 0.327 e. The van der Waals surface area contributed by atoms with Crippen molar-refractivity contribution in [2.24, 2.45) is 0 Å². The molecule has 160 valence electrons. The summed E-state index contributed by atoms with van der Waals surface area (Å²) in [6.07, 6.45) is 0. The van der Waals surface area contributed by atoms with Crippen molar-refractivity contribution >= 4 is 23.5 Å². The molecular weight excluding hydrogens is 406 g/mol. The summed E-state index contributed by atoms with van der Waals surface area (Å²) in [5, 5.41) is 4.19. The van der Waals surface area contributed by atoms with Crippen LogP contribution in [0.4, 0.5) is 4.79 Å². The first-order valence-electron chi connectivity index (χ1n) is 9.73. The van der Waals surface area contributed by atoms with Gasteiger partial charge in [-0.25, -0.2) is 4.79 Å². The molecule has 1 aliphatic rings. The molecule has 0 saturated carbocycles. The molecule has 1 N–H and O–H groups in total. The summed E-state index contributed by atoms with van der Waals surface area (Å²) in [6, 6.07) is 13.3. The van der Waals surface area contributed by atoms with Gasteiger partial charge in [0.2, 0.25) is 5.91 Å². The summed E-state index contributed by atoms with van der Waals surface area (Å²) >= 11 is 5.95. The number of nitrogens with one attached hydrogen (secondary N) is 1. The molecule has 0 aromatic heterocycles. The first kappa shape index (κ1) is 21.9. The number of carbonyl (C=O) groups is 2. The summed E-state index contributed by atoms with van der Waals surface area (Å²) in [5.74, 6) is 0.957. The van der Waals surface area contributed by atoms with Crippen molar-refractivity contribution < 1.29 is 19.1 Å². The van der Waals surface area contributed by atoms with E-state index in [2.05, 4.69) is 12.2 Å². The third kappa shape index (κ3) is 5.23. The summed E-state index contributed by atoms with van der Waals surface area (Å²) in [6.45, 7) is 3.26. The minimum atomic E-state index is -0.299. The summed E-state index contributed by atoms with van der Waals surface area (Å²) in [5.41, 5.74) is 2.20. The highest BCUT2D eigenvalue weighted by Crippen LogP contribution is 2.28. The van der Waals surface area contributed by atoms with Gasteiger partial charge in [-0.2, -0.15) is 0 Å². The number of halogens is 1. The lowest BCUT2D eigenvalue weighted by Crippen LogP contribution is -2.35. The Labute approximate surface area is 181 Å². The number of ether oxygens (including phenoxy) is 2. The molecule has 0 bridgehead atoms. The van der Waals surface area contributed by atoms with Crippen molar-refractivity contribution in [1.82, 2.24) is 15.1 Å². The first-order chi connectivity index (χ1) is 14.4. The Morgan fingerprint density at radius 2 is 1.87 bits per heavy atom. The SMILES string of the molecule is COc1cc(CN[C@@H](C)c2ccc(Cl)cc2)ccc1OCCN1C(=O)CN(C)C1=O. The number of hydrogen-bond donors (Lipinski definition) is 1. The third-order valence-corrected chi connectivity index (χ3v) is 5.27. The van der Waals surface area contributed by atoms with Crippen molar-refractivity contribution in [3.05, 3.63) is 58.6 Å². The number of urea groups is 1. The van der Waals surface area contributed by atoms with Crippen LogP contribution >= 0.6 is 11.6 Å². The van der Waals surface area contributed by atoms with E-state index >= 15 is 0 Å². The lowest BCUT2D eigenvalue weighted by molar-refractivity contribution is -0.125. The van der Waals surface area contributed by atoms with Crippen molar-refractivity contribution in [2.75, 3.05) is 33.9 Å². The maximum atomic E-state index is 11.9. The van der Waals surface area contributed by atoms with Crippen molar-refractivity contribution in [3.63, 3.8) is 0 Å². The Hall–Kier alpha value is -2.77. The van der Waals surface area contributed by atoms with Crippen LogP contribution in [0.5, 0.6) is 11.5 Å². The fourth-order valence-electron chi connectivity index (χ4n) is 3.22.